The molecular formula is C56H86O6PbS2. The molecule has 0 bridgehead atoms. The minimum absolute atomic E-state index is 0. The van der Waals surface area contributed by atoms with Crippen molar-refractivity contribution in [2.45, 2.75) is 243 Å². The van der Waals surface area contributed by atoms with Crippen LogP contribution >= 0.6 is 0 Å². The summed E-state index contributed by atoms with van der Waals surface area (Å²) in [6.07, 6.45) is 36.5. The molecule has 362 valence electrons. The average Bonchev–Trinajstić information content (AvgIpc) is 3.27. The smallest absolute Gasteiger partial charge is 0.744 e. The average molecular weight is 1130 g/mol. The predicted molar refractivity (Wildman–Crippen MR) is 276 cm³/mol. The molecule has 0 saturated carbocycles. The maximum atomic E-state index is 12.3. The van der Waals surface area contributed by atoms with Gasteiger partial charge in [0.2, 0.25) is 0 Å². The van der Waals surface area contributed by atoms with Crippen molar-refractivity contribution in [1.29, 1.82) is 0 Å². The van der Waals surface area contributed by atoms with Gasteiger partial charge >= 0.3 is 27.3 Å². The summed E-state index contributed by atoms with van der Waals surface area (Å²) < 4.78 is 74.1. The van der Waals surface area contributed by atoms with Crippen LogP contribution in [-0.2, 0) is 45.9 Å². The first kappa shape index (κ1) is 59.3. The maximum absolute atomic E-state index is 12.3. The van der Waals surface area contributed by atoms with Crippen molar-refractivity contribution in [3.05, 3.63) is 82.9 Å². The molecule has 9 heteroatoms. The van der Waals surface area contributed by atoms with Gasteiger partial charge in [0.1, 0.15) is 20.2 Å². The molecular weight excluding hydrogens is 1040 g/mol. The van der Waals surface area contributed by atoms with Crippen LogP contribution < -0.4 is 0 Å². The second-order valence-electron chi connectivity index (χ2n) is 18.5. The van der Waals surface area contributed by atoms with Crippen molar-refractivity contribution in [3.63, 3.8) is 0 Å². The summed E-state index contributed by atoms with van der Waals surface area (Å²) in [5.41, 5.74) is 3.42. The van der Waals surface area contributed by atoms with Crippen molar-refractivity contribution in [2.75, 3.05) is 0 Å². The molecule has 4 aromatic carbocycles. The Balaban J connectivity index is 0.000000440. The fraction of sp³-hybridized carbons (Fsp3) is 0.643. The van der Waals surface area contributed by atoms with Crippen LogP contribution in [0.4, 0.5) is 0 Å². The first-order valence-electron chi connectivity index (χ1n) is 26.0. The SMILES string of the molecule is CCCCCCCCCc1ccc2cccc(CCCCCCCCC)c2c1S(=O)(=O)[O-].CCCCCCCCCc1ccc2cccc(CCCCCCCCC)c2c1S(=O)(=O)[O-].[Pb+2]. The number of fused-ring (bicyclic) bond motifs is 2. The molecule has 4 rings (SSSR count). The third kappa shape index (κ3) is 22.4. The van der Waals surface area contributed by atoms with Crippen molar-refractivity contribution in [3.8, 4) is 0 Å². The van der Waals surface area contributed by atoms with Crippen LogP contribution in [0.3, 0.4) is 0 Å². The first-order valence-corrected chi connectivity index (χ1v) is 28.8. The van der Waals surface area contributed by atoms with Gasteiger partial charge < -0.3 is 9.11 Å². The van der Waals surface area contributed by atoms with Crippen LogP contribution in [0.5, 0.6) is 0 Å². The third-order valence-electron chi connectivity index (χ3n) is 13.0. The molecule has 0 atom stereocenters. The molecule has 4 aromatic rings. The van der Waals surface area contributed by atoms with E-state index in [0.29, 0.717) is 34.7 Å². The van der Waals surface area contributed by atoms with E-state index in [4.69, 9.17) is 0 Å². The summed E-state index contributed by atoms with van der Waals surface area (Å²) >= 11 is 0. The van der Waals surface area contributed by atoms with Crippen molar-refractivity contribution in [2.24, 2.45) is 0 Å². The van der Waals surface area contributed by atoms with Gasteiger partial charge in [0.05, 0.1) is 9.79 Å². The minimum atomic E-state index is -4.53. The first-order chi connectivity index (χ1) is 31.0. The van der Waals surface area contributed by atoms with Crippen LogP contribution in [0.2, 0.25) is 0 Å². The Bertz CT molecular complexity index is 1960. The topological polar surface area (TPSA) is 114 Å². The van der Waals surface area contributed by atoms with Crippen LogP contribution in [0.25, 0.3) is 21.5 Å². The summed E-state index contributed by atoms with van der Waals surface area (Å²) in [6, 6.07) is 19.5. The molecule has 0 heterocycles. The summed E-state index contributed by atoms with van der Waals surface area (Å²) in [4.78, 5) is 0.0825. The second kappa shape index (κ2) is 34.4. The summed E-state index contributed by atoms with van der Waals surface area (Å²) in [7, 11) is -9.07. The normalized spacial score (nSPS) is 11.8. The fourth-order valence-electron chi connectivity index (χ4n) is 9.40. The predicted octanol–water partition coefficient (Wildman–Crippen LogP) is 16.3. The van der Waals surface area contributed by atoms with E-state index < -0.39 is 20.2 Å². The van der Waals surface area contributed by atoms with Gasteiger partial charge in [-0.2, -0.15) is 0 Å². The molecule has 0 spiro atoms. The van der Waals surface area contributed by atoms with Gasteiger partial charge in [-0.3, -0.25) is 0 Å². The van der Waals surface area contributed by atoms with E-state index in [0.717, 1.165) is 86.1 Å². The van der Waals surface area contributed by atoms with Gasteiger partial charge in [0.25, 0.3) is 0 Å². The van der Waals surface area contributed by atoms with Crippen molar-refractivity contribution < 1.29 is 25.9 Å². The Hall–Kier alpha value is -1.86. The van der Waals surface area contributed by atoms with Crippen molar-refractivity contribution >= 4 is 69.1 Å². The van der Waals surface area contributed by atoms with Gasteiger partial charge in [-0.25, -0.2) is 16.8 Å². The number of benzene rings is 4. The van der Waals surface area contributed by atoms with Crippen LogP contribution in [0, 0.1) is 0 Å². The summed E-state index contributed by atoms with van der Waals surface area (Å²) in [5, 5.41) is 3.08. The largest absolute Gasteiger partial charge is 2.00 e. The van der Waals surface area contributed by atoms with Crippen LogP contribution in [-0.4, -0.2) is 53.2 Å². The molecule has 0 aromatic heterocycles. The molecule has 2 radical (unpaired) electrons. The number of rotatable bonds is 34. The summed E-state index contributed by atoms with van der Waals surface area (Å²) in [5.74, 6) is 0. The Kier molecular flexibility index (Phi) is 31.4. The molecule has 65 heavy (non-hydrogen) atoms. The monoisotopic (exact) mass is 1130 g/mol. The second-order valence-corrected chi connectivity index (χ2v) is 21.2. The standard InChI is InChI=1S/2C28H44O3S.Pb/c2*1-3-5-7-9-11-13-15-18-24-20-17-21-25-22-23-26(28(27(24)25)32(29,30)31)19-16-14-12-10-8-6-4-2;/h2*17,20-23H,3-16,18-19H2,1-2H3,(H,29,30,31);/q;;+2/p-2. The number of hydrogen-bond acceptors (Lipinski definition) is 6. The van der Waals surface area contributed by atoms with E-state index in [-0.39, 0.29) is 37.1 Å². The number of aryl methyl sites for hydroxylation is 4. The molecule has 0 fully saturated rings. The zero-order valence-electron chi connectivity index (χ0n) is 41.2. The zero-order valence-corrected chi connectivity index (χ0v) is 46.7. The molecule has 0 aliphatic rings. The fourth-order valence-corrected chi connectivity index (χ4v) is 11.4. The quantitative estimate of drug-likeness (QED) is 0.0261. The van der Waals surface area contributed by atoms with E-state index in [2.05, 4.69) is 27.7 Å². The number of unbranched alkanes of at least 4 members (excludes halogenated alkanes) is 24. The third-order valence-corrected chi connectivity index (χ3v) is 15.0. The maximum Gasteiger partial charge on any atom is 2.00 e. The Morgan fingerprint density at radius 3 is 0.831 bits per heavy atom. The molecule has 0 unspecified atom stereocenters. The molecule has 0 N–H and O–H groups in total. The van der Waals surface area contributed by atoms with E-state index in [1.54, 1.807) is 0 Å². The van der Waals surface area contributed by atoms with Gasteiger partial charge in [-0.15, -0.1) is 0 Å². The number of hydrogen-bond donors (Lipinski definition) is 0. The summed E-state index contributed by atoms with van der Waals surface area (Å²) in [6.45, 7) is 8.88. The zero-order chi connectivity index (χ0) is 46.5. The van der Waals surface area contributed by atoms with Crippen molar-refractivity contribution in [1.82, 2.24) is 0 Å². The molecule has 0 aliphatic carbocycles. The van der Waals surface area contributed by atoms with E-state index in [9.17, 15) is 25.9 Å². The van der Waals surface area contributed by atoms with Crippen LogP contribution in [0.15, 0.2) is 70.5 Å². The van der Waals surface area contributed by atoms with Crippen LogP contribution in [0.1, 0.15) is 230 Å². The van der Waals surface area contributed by atoms with Gasteiger partial charge in [0, 0.05) is 10.8 Å². The molecule has 0 amide bonds. The Labute approximate surface area is 418 Å². The van der Waals surface area contributed by atoms with E-state index in [1.807, 2.05) is 60.7 Å². The molecule has 0 saturated heterocycles. The minimum Gasteiger partial charge on any atom is -0.744 e. The van der Waals surface area contributed by atoms with E-state index in [1.165, 1.54) is 128 Å². The van der Waals surface area contributed by atoms with Gasteiger partial charge in [-0.1, -0.05) is 242 Å². The Morgan fingerprint density at radius 1 is 0.323 bits per heavy atom. The molecule has 0 aliphatic heterocycles. The van der Waals surface area contributed by atoms with E-state index >= 15 is 0 Å². The molecule has 6 nitrogen and oxygen atoms in total. The Morgan fingerprint density at radius 2 is 0.569 bits per heavy atom. The van der Waals surface area contributed by atoms with Gasteiger partial charge in [-0.05, 0) is 84.4 Å². The van der Waals surface area contributed by atoms with Gasteiger partial charge in [0.15, 0.2) is 0 Å².